The molecule has 0 amide bonds. The van der Waals surface area contributed by atoms with E-state index in [0.29, 0.717) is 23.5 Å². The van der Waals surface area contributed by atoms with E-state index >= 15 is 0 Å². The molecule has 0 aliphatic rings. The monoisotopic (exact) mass is 491 g/mol. The van der Waals surface area contributed by atoms with E-state index in [-0.39, 0.29) is 11.5 Å². The minimum atomic E-state index is 0.0354. The van der Waals surface area contributed by atoms with Crippen LogP contribution in [-0.2, 0) is 13.0 Å². The molecule has 0 N–H and O–H groups in total. The maximum atomic E-state index is 13.0. The van der Waals surface area contributed by atoms with Crippen LogP contribution in [0.15, 0.2) is 64.2 Å². The van der Waals surface area contributed by atoms with Crippen LogP contribution < -0.4 is 9.47 Å². The second-order valence-electron chi connectivity index (χ2n) is 8.05. The first-order valence-corrected chi connectivity index (χ1v) is 12.5. The van der Waals surface area contributed by atoms with Crippen LogP contribution in [0.25, 0.3) is 11.5 Å². The van der Waals surface area contributed by atoms with Gasteiger partial charge < -0.3 is 18.5 Å². The topological polar surface area (TPSA) is 79.4 Å². The average molecular weight is 492 g/mol. The van der Waals surface area contributed by atoms with Gasteiger partial charge in [0.15, 0.2) is 5.78 Å². The van der Waals surface area contributed by atoms with E-state index in [1.165, 1.54) is 17.3 Å². The second-order valence-corrected chi connectivity index (χ2v) is 8.98. The Labute approximate surface area is 209 Å². The number of benzene rings is 2. The Morgan fingerprint density at radius 1 is 1.09 bits per heavy atom. The third-order valence-electron chi connectivity index (χ3n) is 5.81. The van der Waals surface area contributed by atoms with E-state index in [9.17, 15) is 4.79 Å². The van der Waals surface area contributed by atoms with Crippen molar-refractivity contribution in [3.63, 3.8) is 0 Å². The molecule has 0 saturated carbocycles. The van der Waals surface area contributed by atoms with Crippen LogP contribution in [0, 0.1) is 13.8 Å². The van der Waals surface area contributed by atoms with Crippen molar-refractivity contribution in [3.8, 4) is 23.0 Å². The van der Waals surface area contributed by atoms with Gasteiger partial charge in [-0.3, -0.25) is 4.79 Å². The molecule has 35 heavy (non-hydrogen) atoms. The molecule has 0 aliphatic heterocycles. The van der Waals surface area contributed by atoms with Crippen LogP contribution in [0.3, 0.4) is 0 Å². The fourth-order valence-electron chi connectivity index (χ4n) is 3.97. The highest BCUT2D eigenvalue weighted by atomic mass is 32.2. The molecule has 0 saturated heterocycles. The average Bonchev–Trinajstić information content (AvgIpc) is 3.46. The van der Waals surface area contributed by atoms with Gasteiger partial charge in [0.25, 0.3) is 11.1 Å². The number of para-hydroxylation sites is 1. The largest absolute Gasteiger partial charge is 0.497 e. The normalized spacial score (nSPS) is 11.0. The van der Waals surface area contributed by atoms with E-state index in [0.717, 1.165) is 41.2 Å². The number of aryl methyl sites for hydroxylation is 2. The molecule has 8 heteroatoms. The number of carbonyl (C=O) groups excluding carboxylic acids is 1. The van der Waals surface area contributed by atoms with Crippen LogP contribution in [0.5, 0.6) is 11.5 Å². The molecule has 0 atom stereocenters. The van der Waals surface area contributed by atoms with E-state index in [4.69, 9.17) is 13.9 Å². The first-order chi connectivity index (χ1) is 17.0. The van der Waals surface area contributed by atoms with Crippen molar-refractivity contribution in [1.29, 1.82) is 0 Å². The number of aromatic nitrogens is 3. The lowest BCUT2D eigenvalue weighted by Gasteiger charge is -2.10. The molecule has 0 spiro atoms. The molecule has 0 bridgehead atoms. The first-order valence-electron chi connectivity index (χ1n) is 11.5. The highest BCUT2D eigenvalue weighted by Crippen LogP contribution is 2.31. The van der Waals surface area contributed by atoms with Crippen LogP contribution in [0.1, 0.15) is 34.2 Å². The molecule has 4 rings (SSSR count). The Kier molecular flexibility index (Phi) is 7.92. The summed E-state index contributed by atoms with van der Waals surface area (Å²) >= 11 is 1.24. The summed E-state index contributed by atoms with van der Waals surface area (Å²) in [5.74, 6) is 2.17. The maximum absolute atomic E-state index is 13.0. The predicted octanol–water partition coefficient (Wildman–Crippen LogP) is 5.78. The molecule has 2 heterocycles. The molecule has 182 valence electrons. The number of hydrogen-bond donors (Lipinski definition) is 0. The zero-order valence-electron chi connectivity index (χ0n) is 20.4. The van der Waals surface area contributed by atoms with Gasteiger partial charge >= 0.3 is 0 Å². The van der Waals surface area contributed by atoms with Crippen molar-refractivity contribution in [2.24, 2.45) is 0 Å². The SMILES string of the molecule is CCOc1ccccc1-c1nnc(SCC(=O)c2cc(C)n(CCc3ccc(OC)cc3)c2C)o1. The van der Waals surface area contributed by atoms with Gasteiger partial charge in [0, 0.05) is 23.5 Å². The Hall–Kier alpha value is -3.52. The van der Waals surface area contributed by atoms with Crippen LogP contribution in [0.2, 0.25) is 0 Å². The summed E-state index contributed by atoms with van der Waals surface area (Å²) in [6, 6.07) is 17.6. The third kappa shape index (κ3) is 5.77. The lowest BCUT2D eigenvalue weighted by atomic mass is 10.1. The molecule has 2 aromatic carbocycles. The highest BCUT2D eigenvalue weighted by Gasteiger charge is 2.18. The Morgan fingerprint density at radius 3 is 2.60 bits per heavy atom. The van der Waals surface area contributed by atoms with Crippen LogP contribution in [-0.4, -0.2) is 40.0 Å². The molecule has 0 fully saturated rings. The quantitative estimate of drug-likeness (QED) is 0.194. The number of ketones is 1. The lowest BCUT2D eigenvalue weighted by molar-refractivity contribution is 0.102. The van der Waals surface area contributed by atoms with Crippen molar-refractivity contribution in [2.45, 2.75) is 39.0 Å². The number of methoxy groups -OCH3 is 1. The number of Topliss-reactive ketones (excluding diaryl/α,β-unsaturated/α-hetero) is 1. The molecule has 7 nitrogen and oxygen atoms in total. The molecule has 2 aromatic heterocycles. The molecular formula is C27H29N3O4S. The summed E-state index contributed by atoms with van der Waals surface area (Å²) in [6.45, 7) is 7.30. The number of carbonyl (C=O) groups is 1. The summed E-state index contributed by atoms with van der Waals surface area (Å²) in [5, 5.41) is 8.60. The standard InChI is InChI=1S/C27H29N3O4S/c1-5-33-25-9-7-6-8-22(25)26-28-29-27(34-26)35-17-24(31)23-16-18(2)30(19(23)3)15-14-20-10-12-21(32-4)13-11-20/h6-13,16H,5,14-15,17H2,1-4H3. The maximum Gasteiger partial charge on any atom is 0.277 e. The number of rotatable bonds is 11. The lowest BCUT2D eigenvalue weighted by Crippen LogP contribution is -2.08. The van der Waals surface area contributed by atoms with Crippen molar-refractivity contribution in [3.05, 3.63) is 77.1 Å². The van der Waals surface area contributed by atoms with Gasteiger partial charge in [0.1, 0.15) is 11.5 Å². The zero-order chi connectivity index (χ0) is 24.8. The first kappa shape index (κ1) is 24.6. The van der Waals surface area contributed by atoms with E-state index in [2.05, 4.69) is 26.9 Å². The number of hydrogen-bond acceptors (Lipinski definition) is 7. The van der Waals surface area contributed by atoms with Gasteiger partial charge in [-0.25, -0.2) is 0 Å². The molecule has 0 aliphatic carbocycles. The van der Waals surface area contributed by atoms with E-state index in [1.807, 2.05) is 63.2 Å². The van der Waals surface area contributed by atoms with Gasteiger partial charge in [-0.2, -0.15) is 0 Å². The minimum Gasteiger partial charge on any atom is -0.497 e. The summed E-state index contributed by atoms with van der Waals surface area (Å²) in [6.07, 6.45) is 0.872. The summed E-state index contributed by atoms with van der Waals surface area (Å²) in [7, 11) is 1.66. The summed E-state index contributed by atoms with van der Waals surface area (Å²) < 4.78 is 18.9. The second kappa shape index (κ2) is 11.3. The van der Waals surface area contributed by atoms with Gasteiger partial charge in [-0.05, 0) is 63.1 Å². The summed E-state index contributed by atoms with van der Waals surface area (Å²) in [4.78, 5) is 13.0. The number of nitrogens with zero attached hydrogens (tertiary/aromatic N) is 3. The van der Waals surface area contributed by atoms with Crippen molar-refractivity contribution < 1.29 is 18.7 Å². The van der Waals surface area contributed by atoms with Gasteiger partial charge in [0.05, 0.1) is 25.0 Å². The van der Waals surface area contributed by atoms with E-state index in [1.54, 1.807) is 7.11 Å². The fraction of sp³-hybridized carbons (Fsp3) is 0.296. The molecule has 4 aromatic rings. The third-order valence-corrected chi connectivity index (χ3v) is 6.63. The predicted molar refractivity (Wildman–Crippen MR) is 137 cm³/mol. The molecule has 0 radical (unpaired) electrons. The van der Waals surface area contributed by atoms with E-state index < -0.39 is 0 Å². The number of ether oxygens (including phenoxy) is 2. The van der Waals surface area contributed by atoms with Crippen LogP contribution in [0.4, 0.5) is 0 Å². The van der Waals surface area contributed by atoms with Gasteiger partial charge in [-0.15, -0.1) is 10.2 Å². The molecule has 0 unspecified atom stereocenters. The molecular weight excluding hydrogens is 462 g/mol. The van der Waals surface area contributed by atoms with Crippen molar-refractivity contribution in [1.82, 2.24) is 14.8 Å². The summed E-state index contributed by atoms with van der Waals surface area (Å²) in [5.41, 5.74) is 4.72. The Bertz CT molecular complexity index is 1290. The number of thioether (sulfide) groups is 1. The smallest absolute Gasteiger partial charge is 0.277 e. The van der Waals surface area contributed by atoms with Crippen molar-refractivity contribution in [2.75, 3.05) is 19.5 Å². The Balaban J connectivity index is 1.39. The Morgan fingerprint density at radius 2 is 1.86 bits per heavy atom. The van der Waals surface area contributed by atoms with Gasteiger partial charge in [0.2, 0.25) is 0 Å². The van der Waals surface area contributed by atoms with Crippen LogP contribution >= 0.6 is 11.8 Å². The highest BCUT2D eigenvalue weighted by molar-refractivity contribution is 7.99. The van der Waals surface area contributed by atoms with Crippen molar-refractivity contribution >= 4 is 17.5 Å². The van der Waals surface area contributed by atoms with Gasteiger partial charge in [-0.1, -0.05) is 36.0 Å². The zero-order valence-corrected chi connectivity index (χ0v) is 21.2. The minimum absolute atomic E-state index is 0.0354. The fourth-order valence-corrected chi connectivity index (χ4v) is 4.61.